The average Bonchev–Trinajstić information content (AvgIpc) is 3.32. The Labute approximate surface area is 131 Å². The number of aliphatic hydroxyl groups is 1. The van der Waals surface area contributed by atoms with Gasteiger partial charge in [0, 0.05) is 24.2 Å². The molecule has 0 radical (unpaired) electrons. The van der Waals surface area contributed by atoms with E-state index in [4.69, 9.17) is 0 Å². The number of nitrogens with zero attached hydrogens (tertiary/aromatic N) is 1. The van der Waals surface area contributed by atoms with Crippen molar-refractivity contribution in [3.8, 4) is 0 Å². The first-order chi connectivity index (χ1) is 10.2. The molecule has 2 fully saturated rings. The lowest BCUT2D eigenvalue weighted by atomic mass is 9.78. The van der Waals surface area contributed by atoms with E-state index in [2.05, 4.69) is 31.0 Å². The maximum Gasteiger partial charge on any atom is 0.0613 e. The van der Waals surface area contributed by atoms with Crippen LogP contribution in [-0.4, -0.2) is 47.3 Å². The standard InChI is InChI=1S/C18H36N2O/c1-4-15(5-2)13-20(6-3)17-8-7-11-18(12-17,14-21)19-16-9-10-16/h15-17,19,21H,4-14H2,1-3H3. The predicted octanol–water partition coefficient (Wildman–Crippen LogP) is 3.17. The Balaban J connectivity index is 1.96. The van der Waals surface area contributed by atoms with Crippen molar-refractivity contribution in [3.63, 3.8) is 0 Å². The Morgan fingerprint density at radius 1 is 1.19 bits per heavy atom. The predicted molar refractivity (Wildman–Crippen MR) is 89.5 cm³/mol. The van der Waals surface area contributed by atoms with Crippen molar-refractivity contribution in [1.29, 1.82) is 0 Å². The topological polar surface area (TPSA) is 35.5 Å². The van der Waals surface area contributed by atoms with Gasteiger partial charge in [-0.25, -0.2) is 0 Å². The highest BCUT2D eigenvalue weighted by Crippen LogP contribution is 2.35. The molecule has 0 spiro atoms. The third kappa shape index (κ3) is 4.67. The van der Waals surface area contributed by atoms with Crippen LogP contribution >= 0.6 is 0 Å². The van der Waals surface area contributed by atoms with Gasteiger partial charge in [-0.1, -0.05) is 33.6 Å². The molecule has 0 aromatic rings. The van der Waals surface area contributed by atoms with Gasteiger partial charge in [0.05, 0.1) is 6.61 Å². The fourth-order valence-electron chi connectivity index (χ4n) is 4.04. The van der Waals surface area contributed by atoms with Crippen molar-refractivity contribution in [2.45, 2.75) is 89.8 Å². The number of aliphatic hydroxyl groups excluding tert-OH is 1. The molecule has 0 amide bonds. The summed E-state index contributed by atoms with van der Waals surface area (Å²) < 4.78 is 0. The van der Waals surface area contributed by atoms with E-state index < -0.39 is 0 Å². The van der Waals surface area contributed by atoms with Gasteiger partial charge in [0.1, 0.15) is 0 Å². The molecule has 2 aliphatic rings. The average molecular weight is 296 g/mol. The van der Waals surface area contributed by atoms with Gasteiger partial charge in [0.2, 0.25) is 0 Å². The smallest absolute Gasteiger partial charge is 0.0613 e. The van der Waals surface area contributed by atoms with Crippen LogP contribution in [0.15, 0.2) is 0 Å². The van der Waals surface area contributed by atoms with Crippen molar-refractivity contribution in [2.24, 2.45) is 5.92 Å². The van der Waals surface area contributed by atoms with Crippen LogP contribution in [-0.2, 0) is 0 Å². The van der Waals surface area contributed by atoms with Gasteiger partial charge >= 0.3 is 0 Å². The highest BCUT2D eigenvalue weighted by molar-refractivity contribution is 5.00. The molecule has 0 aromatic heterocycles. The molecule has 3 nitrogen and oxygen atoms in total. The molecule has 2 unspecified atom stereocenters. The summed E-state index contributed by atoms with van der Waals surface area (Å²) in [5.41, 5.74) is 0.00539. The lowest BCUT2D eigenvalue weighted by Crippen LogP contribution is -2.56. The van der Waals surface area contributed by atoms with Crippen LogP contribution in [0.2, 0.25) is 0 Å². The minimum Gasteiger partial charge on any atom is -0.394 e. The molecule has 0 saturated heterocycles. The van der Waals surface area contributed by atoms with Gasteiger partial charge in [-0.2, -0.15) is 0 Å². The van der Waals surface area contributed by atoms with E-state index in [1.165, 1.54) is 45.1 Å². The summed E-state index contributed by atoms with van der Waals surface area (Å²) >= 11 is 0. The summed E-state index contributed by atoms with van der Waals surface area (Å²) in [6, 6.07) is 1.34. The molecule has 0 heterocycles. The van der Waals surface area contributed by atoms with Crippen molar-refractivity contribution in [3.05, 3.63) is 0 Å². The normalized spacial score (nSPS) is 30.3. The van der Waals surface area contributed by atoms with Crippen molar-refractivity contribution >= 4 is 0 Å². The zero-order valence-corrected chi connectivity index (χ0v) is 14.4. The minimum atomic E-state index is 0.00539. The molecule has 2 aliphatic carbocycles. The van der Waals surface area contributed by atoms with Crippen LogP contribution in [0, 0.1) is 5.92 Å². The fraction of sp³-hybridized carbons (Fsp3) is 1.00. The van der Waals surface area contributed by atoms with E-state index in [0.29, 0.717) is 18.7 Å². The van der Waals surface area contributed by atoms with E-state index in [0.717, 1.165) is 25.3 Å². The Morgan fingerprint density at radius 2 is 1.90 bits per heavy atom. The van der Waals surface area contributed by atoms with E-state index in [-0.39, 0.29) is 5.54 Å². The zero-order valence-electron chi connectivity index (χ0n) is 14.4. The summed E-state index contributed by atoms with van der Waals surface area (Å²) in [4.78, 5) is 2.69. The summed E-state index contributed by atoms with van der Waals surface area (Å²) in [6.45, 7) is 9.62. The second-order valence-corrected chi connectivity index (χ2v) is 7.38. The van der Waals surface area contributed by atoms with Gasteiger partial charge in [-0.05, 0) is 51.0 Å². The number of nitrogens with one attached hydrogen (secondary N) is 1. The Bertz CT molecular complexity index is 302. The fourth-order valence-corrected chi connectivity index (χ4v) is 4.04. The van der Waals surface area contributed by atoms with Crippen molar-refractivity contribution in [2.75, 3.05) is 19.7 Å². The molecule has 3 heteroatoms. The van der Waals surface area contributed by atoms with Crippen molar-refractivity contribution in [1.82, 2.24) is 10.2 Å². The van der Waals surface area contributed by atoms with E-state index in [1.54, 1.807) is 0 Å². The Kier molecular flexibility index (Phi) is 6.51. The van der Waals surface area contributed by atoms with Gasteiger partial charge in [-0.15, -0.1) is 0 Å². The summed E-state index contributed by atoms with van der Waals surface area (Å²) in [5.74, 6) is 0.826. The minimum absolute atomic E-state index is 0.00539. The van der Waals surface area contributed by atoms with Crippen molar-refractivity contribution < 1.29 is 5.11 Å². The van der Waals surface area contributed by atoms with Gasteiger partial charge in [-0.3, -0.25) is 0 Å². The third-order valence-corrected chi connectivity index (χ3v) is 5.78. The molecule has 2 N–H and O–H groups in total. The van der Waals surface area contributed by atoms with Gasteiger partial charge in [0.25, 0.3) is 0 Å². The maximum atomic E-state index is 9.98. The molecule has 2 saturated carbocycles. The molecule has 0 aromatic carbocycles. The number of hydrogen-bond acceptors (Lipinski definition) is 3. The van der Waals surface area contributed by atoms with E-state index in [1.807, 2.05) is 0 Å². The second-order valence-electron chi connectivity index (χ2n) is 7.38. The SMILES string of the molecule is CCC(CC)CN(CC)C1CCCC(CO)(NC2CC2)C1. The van der Waals surface area contributed by atoms with Crippen LogP contribution in [0.3, 0.4) is 0 Å². The molecule has 21 heavy (non-hydrogen) atoms. The molecule has 2 atom stereocenters. The Morgan fingerprint density at radius 3 is 2.43 bits per heavy atom. The van der Waals surface area contributed by atoms with Gasteiger partial charge < -0.3 is 15.3 Å². The van der Waals surface area contributed by atoms with E-state index in [9.17, 15) is 5.11 Å². The molecular formula is C18H36N2O. The quantitative estimate of drug-likeness (QED) is 0.686. The maximum absolute atomic E-state index is 9.98. The number of rotatable bonds is 9. The third-order valence-electron chi connectivity index (χ3n) is 5.78. The molecular weight excluding hydrogens is 260 g/mol. The molecule has 124 valence electrons. The van der Waals surface area contributed by atoms with Gasteiger partial charge in [0.15, 0.2) is 0 Å². The second kappa shape index (κ2) is 7.94. The highest BCUT2D eigenvalue weighted by Gasteiger charge is 2.41. The van der Waals surface area contributed by atoms with E-state index >= 15 is 0 Å². The molecule has 0 aliphatic heterocycles. The lowest BCUT2D eigenvalue weighted by molar-refractivity contribution is 0.0525. The summed E-state index contributed by atoms with van der Waals surface area (Å²) in [6.07, 6.45) is 10.0. The Hall–Kier alpha value is -0.120. The van der Waals surface area contributed by atoms with Crippen LogP contribution < -0.4 is 5.32 Å². The first kappa shape index (κ1) is 17.2. The molecule has 2 rings (SSSR count). The first-order valence-electron chi connectivity index (χ1n) is 9.29. The first-order valence-corrected chi connectivity index (χ1v) is 9.29. The zero-order chi connectivity index (χ0) is 15.3. The highest BCUT2D eigenvalue weighted by atomic mass is 16.3. The largest absolute Gasteiger partial charge is 0.394 e. The van der Waals surface area contributed by atoms with Crippen LogP contribution in [0.1, 0.15) is 72.1 Å². The van der Waals surface area contributed by atoms with Crippen LogP contribution in [0.4, 0.5) is 0 Å². The van der Waals surface area contributed by atoms with Crippen LogP contribution in [0.25, 0.3) is 0 Å². The molecule has 0 bridgehead atoms. The summed E-state index contributed by atoms with van der Waals surface area (Å²) in [5, 5.41) is 13.8. The lowest BCUT2D eigenvalue weighted by Gasteiger charge is -2.45. The van der Waals surface area contributed by atoms with Crippen LogP contribution in [0.5, 0.6) is 0 Å². The monoisotopic (exact) mass is 296 g/mol. The summed E-state index contributed by atoms with van der Waals surface area (Å²) in [7, 11) is 0. The number of hydrogen-bond donors (Lipinski definition) is 2.